The Kier molecular flexibility index (Phi) is 5.99. The van der Waals surface area contributed by atoms with Crippen molar-refractivity contribution < 1.29 is 28.5 Å². The minimum atomic E-state index is -0.565. The fourth-order valence-electron chi connectivity index (χ4n) is 1.82. The molecule has 1 aromatic carbocycles. The van der Waals surface area contributed by atoms with E-state index < -0.39 is 5.97 Å². The van der Waals surface area contributed by atoms with E-state index in [-0.39, 0.29) is 24.4 Å². The van der Waals surface area contributed by atoms with E-state index in [1.807, 2.05) is 0 Å². The van der Waals surface area contributed by atoms with Gasteiger partial charge in [0.05, 0.1) is 21.3 Å². The zero-order chi connectivity index (χ0) is 15.1. The molecule has 0 spiro atoms. The van der Waals surface area contributed by atoms with Gasteiger partial charge in [-0.2, -0.15) is 0 Å². The van der Waals surface area contributed by atoms with Crippen LogP contribution in [0.25, 0.3) is 0 Å². The summed E-state index contributed by atoms with van der Waals surface area (Å²) in [6, 6.07) is 3.18. The van der Waals surface area contributed by atoms with E-state index >= 15 is 0 Å². The highest BCUT2D eigenvalue weighted by Gasteiger charge is 2.21. The van der Waals surface area contributed by atoms with Gasteiger partial charge in [-0.25, -0.2) is 4.79 Å². The zero-order valence-corrected chi connectivity index (χ0v) is 12.0. The number of ether oxygens (including phenoxy) is 4. The minimum Gasteiger partial charge on any atom is -0.497 e. The average Bonchev–Trinajstić information content (AvgIpc) is 2.45. The molecule has 0 atom stereocenters. The van der Waals surface area contributed by atoms with Gasteiger partial charge in [-0.3, -0.25) is 4.79 Å². The lowest BCUT2D eigenvalue weighted by Crippen LogP contribution is -2.15. The Labute approximate surface area is 117 Å². The van der Waals surface area contributed by atoms with Gasteiger partial charge in [0.1, 0.15) is 23.7 Å². The van der Waals surface area contributed by atoms with Crippen molar-refractivity contribution in [2.24, 2.45) is 0 Å². The lowest BCUT2D eigenvalue weighted by molar-refractivity contribution is -0.121. The van der Waals surface area contributed by atoms with Gasteiger partial charge in [0, 0.05) is 19.6 Å². The Morgan fingerprint density at radius 1 is 1.05 bits per heavy atom. The second kappa shape index (κ2) is 7.49. The van der Waals surface area contributed by atoms with Crippen molar-refractivity contribution in [2.45, 2.75) is 6.42 Å². The molecule has 110 valence electrons. The Morgan fingerprint density at radius 2 is 1.75 bits per heavy atom. The number of hydrogen-bond acceptors (Lipinski definition) is 6. The second-order valence-corrected chi connectivity index (χ2v) is 4.00. The number of carbonyl (C=O) groups excluding carboxylic acids is 2. The van der Waals surface area contributed by atoms with Crippen molar-refractivity contribution in [3.05, 3.63) is 23.3 Å². The first-order valence-corrected chi connectivity index (χ1v) is 5.91. The van der Waals surface area contributed by atoms with Gasteiger partial charge in [0.25, 0.3) is 0 Å². The molecule has 0 amide bonds. The van der Waals surface area contributed by atoms with Crippen LogP contribution in [0.4, 0.5) is 0 Å². The smallest absolute Gasteiger partial charge is 0.341 e. The summed E-state index contributed by atoms with van der Waals surface area (Å²) in [6.45, 7) is -0.0276. The average molecular weight is 282 g/mol. The maximum atomic E-state index is 11.9. The van der Waals surface area contributed by atoms with E-state index in [1.54, 1.807) is 12.1 Å². The van der Waals surface area contributed by atoms with Gasteiger partial charge in [0.2, 0.25) is 0 Å². The van der Waals surface area contributed by atoms with E-state index in [0.717, 1.165) is 0 Å². The summed E-state index contributed by atoms with van der Waals surface area (Å²) in [6.07, 6.45) is 0.0336. The summed E-state index contributed by atoms with van der Waals surface area (Å²) >= 11 is 0. The third-order valence-electron chi connectivity index (χ3n) is 2.70. The molecule has 0 aliphatic carbocycles. The van der Waals surface area contributed by atoms with Crippen LogP contribution in [-0.4, -0.2) is 46.8 Å². The Morgan fingerprint density at radius 3 is 2.25 bits per heavy atom. The summed E-state index contributed by atoms with van der Waals surface area (Å²) in [5.41, 5.74) is 0.704. The van der Waals surface area contributed by atoms with E-state index in [9.17, 15) is 9.59 Å². The molecule has 0 aromatic heterocycles. The van der Waals surface area contributed by atoms with E-state index in [4.69, 9.17) is 18.9 Å². The van der Waals surface area contributed by atoms with Crippen molar-refractivity contribution in [1.82, 2.24) is 0 Å². The first-order valence-electron chi connectivity index (χ1n) is 5.91. The fourth-order valence-corrected chi connectivity index (χ4v) is 1.82. The first kappa shape index (κ1) is 16.0. The molecule has 1 aromatic rings. The van der Waals surface area contributed by atoms with E-state index in [1.165, 1.54) is 28.4 Å². The van der Waals surface area contributed by atoms with Crippen LogP contribution < -0.4 is 9.47 Å². The first-order chi connectivity index (χ1) is 9.57. The van der Waals surface area contributed by atoms with Gasteiger partial charge in [0.15, 0.2) is 5.78 Å². The molecule has 0 aliphatic heterocycles. The van der Waals surface area contributed by atoms with Crippen LogP contribution in [-0.2, 0) is 20.7 Å². The molecule has 0 unspecified atom stereocenters. The van der Waals surface area contributed by atoms with Crippen molar-refractivity contribution >= 4 is 11.8 Å². The highest BCUT2D eigenvalue weighted by molar-refractivity contribution is 5.96. The van der Waals surface area contributed by atoms with E-state index in [2.05, 4.69) is 0 Å². The number of methoxy groups -OCH3 is 4. The second-order valence-electron chi connectivity index (χ2n) is 4.00. The normalized spacial score (nSPS) is 10.0. The van der Waals surface area contributed by atoms with Crippen LogP contribution in [0, 0.1) is 0 Å². The monoisotopic (exact) mass is 282 g/mol. The summed E-state index contributed by atoms with van der Waals surface area (Å²) in [7, 11) is 5.63. The van der Waals surface area contributed by atoms with Crippen LogP contribution >= 0.6 is 0 Å². The van der Waals surface area contributed by atoms with Crippen molar-refractivity contribution in [2.75, 3.05) is 35.0 Å². The van der Waals surface area contributed by atoms with Gasteiger partial charge in [-0.15, -0.1) is 0 Å². The molecule has 0 saturated heterocycles. The zero-order valence-electron chi connectivity index (χ0n) is 12.0. The third kappa shape index (κ3) is 3.71. The number of ketones is 1. The Bertz CT molecular complexity index is 495. The van der Waals surface area contributed by atoms with Gasteiger partial charge >= 0.3 is 5.97 Å². The molecule has 1 rings (SSSR count). The summed E-state index contributed by atoms with van der Waals surface area (Å²) in [5, 5.41) is 0. The number of Topliss-reactive ketones (excluding diaryl/α,β-unsaturated/α-hetero) is 1. The highest BCUT2D eigenvalue weighted by atomic mass is 16.5. The quantitative estimate of drug-likeness (QED) is 0.701. The molecule has 0 fully saturated rings. The molecule has 0 bridgehead atoms. The lowest BCUT2D eigenvalue weighted by atomic mass is 10.0. The van der Waals surface area contributed by atoms with Gasteiger partial charge in [-0.05, 0) is 11.6 Å². The van der Waals surface area contributed by atoms with Crippen LogP contribution in [0.15, 0.2) is 12.1 Å². The summed E-state index contributed by atoms with van der Waals surface area (Å²) in [5.74, 6) is 0.0730. The highest BCUT2D eigenvalue weighted by Crippen LogP contribution is 2.30. The molecular weight excluding hydrogens is 264 g/mol. The van der Waals surface area contributed by atoms with Crippen LogP contribution in [0.2, 0.25) is 0 Å². The third-order valence-corrected chi connectivity index (χ3v) is 2.70. The predicted molar refractivity (Wildman–Crippen MR) is 71.5 cm³/mol. The van der Waals surface area contributed by atoms with E-state index in [0.29, 0.717) is 17.1 Å². The summed E-state index contributed by atoms with van der Waals surface area (Å²) < 4.78 is 19.8. The Hall–Kier alpha value is -2.08. The molecule has 0 radical (unpaired) electrons. The van der Waals surface area contributed by atoms with Gasteiger partial charge < -0.3 is 18.9 Å². The minimum absolute atomic E-state index is 0.0276. The molecular formula is C14H18O6. The number of carbonyl (C=O) groups is 2. The fraction of sp³-hybridized carbons (Fsp3) is 0.429. The largest absolute Gasteiger partial charge is 0.497 e. The SMILES string of the molecule is COCC(=O)Cc1cc(OC)cc(OC)c1C(=O)OC. The maximum absolute atomic E-state index is 11.9. The summed E-state index contributed by atoms with van der Waals surface area (Å²) in [4.78, 5) is 23.6. The predicted octanol–water partition coefficient (Wildman–Crippen LogP) is 1.25. The number of hydrogen-bond donors (Lipinski definition) is 0. The number of benzene rings is 1. The Balaban J connectivity index is 3.28. The molecule has 0 saturated carbocycles. The molecule has 6 nitrogen and oxygen atoms in total. The maximum Gasteiger partial charge on any atom is 0.341 e. The van der Waals surface area contributed by atoms with Gasteiger partial charge in [-0.1, -0.05) is 0 Å². The van der Waals surface area contributed by atoms with Crippen molar-refractivity contribution in [3.8, 4) is 11.5 Å². The van der Waals surface area contributed by atoms with Crippen molar-refractivity contribution in [3.63, 3.8) is 0 Å². The van der Waals surface area contributed by atoms with Crippen molar-refractivity contribution in [1.29, 1.82) is 0 Å². The molecule has 20 heavy (non-hydrogen) atoms. The molecule has 6 heteroatoms. The van der Waals surface area contributed by atoms with Crippen LogP contribution in [0.1, 0.15) is 15.9 Å². The molecule has 0 heterocycles. The number of rotatable bonds is 7. The lowest BCUT2D eigenvalue weighted by Gasteiger charge is -2.14. The molecule has 0 aliphatic rings. The standard InChI is InChI=1S/C14H18O6/c1-17-8-10(15)5-9-6-11(18-2)7-12(19-3)13(9)14(16)20-4/h6-7H,5,8H2,1-4H3. The topological polar surface area (TPSA) is 71.1 Å². The molecule has 0 N–H and O–H groups in total. The van der Waals surface area contributed by atoms with Crippen LogP contribution in [0.3, 0.4) is 0 Å². The van der Waals surface area contributed by atoms with Crippen LogP contribution in [0.5, 0.6) is 11.5 Å². The number of esters is 1.